The molecule has 30 heavy (non-hydrogen) atoms. The van der Waals surface area contributed by atoms with E-state index in [2.05, 4.69) is 15.1 Å². The summed E-state index contributed by atoms with van der Waals surface area (Å²) in [6.45, 7) is 4.02. The average Bonchev–Trinajstić information content (AvgIpc) is 3.38. The van der Waals surface area contributed by atoms with Crippen molar-refractivity contribution in [3.8, 4) is 22.6 Å². The van der Waals surface area contributed by atoms with E-state index in [1.54, 1.807) is 0 Å². The molecule has 0 radical (unpaired) electrons. The van der Waals surface area contributed by atoms with E-state index >= 15 is 0 Å². The zero-order chi connectivity index (χ0) is 20.7. The minimum absolute atomic E-state index is 0.400. The molecule has 0 spiro atoms. The van der Waals surface area contributed by atoms with Crippen molar-refractivity contribution in [2.24, 2.45) is 0 Å². The van der Waals surface area contributed by atoms with E-state index in [1.165, 1.54) is 11.3 Å². The van der Waals surface area contributed by atoms with Crippen LogP contribution in [0.5, 0.6) is 0 Å². The molecule has 0 saturated heterocycles. The van der Waals surface area contributed by atoms with Gasteiger partial charge in [-0.3, -0.25) is 0 Å². The van der Waals surface area contributed by atoms with Crippen molar-refractivity contribution in [2.75, 3.05) is 0 Å². The zero-order valence-corrected chi connectivity index (χ0v) is 17.2. The molecule has 2 aromatic carbocycles. The highest BCUT2D eigenvalue weighted by Crippen LogP contribution is 2.25. The fourth-order valence-corrected chi connectivity index (χ4v) is 4.08. The first-order chi connectivity index (χ1) is 14.5. The molecule has 0 N–H and O–H groups in total. The van der Waals surface area contributed by atoms with Crippen LogP contribution < -0.4 is 5.63 Å². The SMILES string of the molecule is Cc1cccc(-c2noc(Cc3nc(-c4cc5cc(C)ccc5oc4=O)cs3)n2)c1. The van der Waals surface area contributed by atoms with Crippen LogP contribution in [0.2, 0.25) is 0 Å². The number of benzene rings is 2. The van der Waals surface area contributed by atoms with E-state index in [9.17, 15) is 4.79 Å². The van der Waals surface area contributed by atoms with Crippen molar-refractivity contribution in [3.63, 3.8) is 0 Å². The molecule has 5 rings (SSSR count). The molecule has 3 aromatic heterocycles. The quantitative estimate of drug-likeness (QED) is 0.377. The van der Waals surface area contributed by atoms with Gasteiger partial charge in [0.15, 0.2) is 0 Å². The van der Waals surface area contributed by atoms with Gasteiger partial charge < -0.3 is 8.94 Å². The first-order valence-electron chi connectivity index (χ1n) is 9.44. The molecule has 0 amide bonds. The second-order valence-electron chi connectivity index (χ2n) is 7.17. The highest BCUT2D eigenvalue weighted by molar-refractivity contribution is 7.10. The van der Waals surface area contributed by atoms with E-state index in [4.69, 9.17) is 8.94 Å². The maximum absolute atomic E-state index is 12.4. The monoisotopic (exact) mass is 415 g/mol. The van der Waals surface area contributed by atoms with Crippen LogP contribution in [0.1, 0.15) is 22.0 Å². The van der Waals surface area contributed by atoms with Crippen LogP contribution in [0.3, 0.4) is 0 Å². The fourth-order valence-electron chi connectivity index (χ4n) is 3.29. The Kier molecular flexibility index (Phi) is 4.52. The Bertz CT molecular complexity index is 1430. The molecule has 148 valence electrons. The van der Waals surface area contributed by atoms with Gasteiger partial charge in [0.2, 0.25) is 11.7 Å². The molecule has 3 heterocycles. The summed E-state index contributed by atoms with van der Waals surface area (Å²) in [5.41, 5.74) is 4.35. The maximum atomic E-state index is 12.4. The average molecular weight is 415 g/mol. The van der Waals surface area contributed by atoms with E-state index < -0.39 is 5.63 Å². The topological polar surface area (TPSA) is 82.0 Å². The summed E-state index contributed by atoms with van der Waals surface area (Å²) in [4.78, 5) is 21.5. The summed E-state index contributed by atoms with van der Waals surface area (Å²) in [5.74, 6) is 1.03. The molecule has 0 aliphatic rings. The number of nitrogens with zero attached hydrogens (tertiary/aromatic N) is 3. The van der Waals surface area contributed by atoms with Gasteiger partial charge in [-0.25, -0.2) is 9.78 Å². The summed E-state index contributed by atoms with van der Waals surface area (Å²) >= 11 is 1.44. The van der Waals surface area contributed by atoms with Crippen molar-refractivity contribution in [1.29, 1.82) is 0 Å². The van der Waals surface area contributed by atoms with Crippen LogP contribution >= 0.6 is 11.3 Å². The third-order valence-corrected chi connectivity index (χ3v) is 5.61. The number of aromatic nitrogens is 3. The summed E-state index contributed by atoms with van der Waals surface area (Å²) in [6, 6.07) is 15.5. The van der Waals surface area contributed by atoms with Crippen molar-refractivity contribution in [3.05, 3.63) is 86.4 Å². The molecule has 0 bridgehead atoms. The predicted octanol–water partition coefficient (Wildman–Crippen LogP) is 5.17. The Morgan fingerprint density at radius 1 is 1.00 bits per heavy atom. The lowest BCUT2D eigenvalue weighted by Crippen LogP contribution is -2.03. The number of hydrogen-bond acceptors (Lipinski definition) is 7. The Balaban J connectivity index is 1.42. The van der Waals surface area contributed by atoms with Gasteiger partial charge in [0, 0.05) is 16.3 Å². The van der Waals surface area contributed by atoms with Crippen LogP contribution in [-0.2, 0) is 6.42 Å². The lowest BCUT2D eigenvalue weighted by atomic mass is 10.1. The molecule has 0 fully saturated rings. The van der Waals surface area contributed by atoms with E-state index in [0.717, 1.165) is 27.1 Å². The molecule has 0 unspecified atom stereocenters. The Morgan fingerprint density at radius 2 is 1.87 bits per heavy atom. The summed E-state index contributed by atoms with van der Waals surface area (Å²) < 4.78 is 10.9. The smallest absolute Gasteiger partial charge is 0.345 e. The predicted molar refractivity (Wildman–Crippen MR) is 116 cm³/mol. The summed E-state index contributed by atoms with van der Waals surface area (Å²) in [6.07, 6.45) is 0.404. The van der Waals surface area contributed by atoms with Crippen molar-refractivity contribution < 1.29 is 8.94 Å². The van der Waals surface area contributed by atoms with Crippen LogP contribution in [0.25, 0.3) is 33.6 Å². The molecule has 0 aliphatic carbocycles. The molecule has 0 aliphatic heterocycles. The van der Waals surface area contributed by atoms with Crippen molar-refractivity contribution >= 4 is 22.3 Å². The number of aryl methyl sites for hydroxylation is 2. The highest BCUT2D eigenvalue weighted by atomic mass is 32.1. The van der Waals surface area contributed by atoms with Gasteiger partial charge in [0.25, 0.3) is 0 Å². The van der Waals surface area contributed by atoms with E-state index in [1.807, 2.05) is 67.8 Å². The third-order valence-electron chi connectivity index (χ3n) is 4.76. The Hall–Kier alpha value is -3.58. The highest BCUT2D eigenvalue weighted by Gasteiger charge is 2.15. The molecule has 7 heteroatoms. The second kappa shape index (κ2) is 7.35. The van der Waals surface area contributed by atoms with Crippen LogP contribution in [0.4, 0.5) is 0 Å². The summed E-state index contributed by atoms with van der Waals surface area (Å²) in [7, 11) is 0. The van der Waals surface area contributed by atoms with Crippen molar-refractivity contribution in [2.45, 2.75) is 20.3 Å². The van der Waals surface area contributed by atoms with Gasteiger partial charge >= 0.3 is 5.63 Å². The van der Waals surface area contributed by atoms with E-state index in [0.29, 0.717) is 35.0 Å². The molecular formula is C23H17N3O3S. The first-order valence-corrected chi connectivity index (χ1v) is 10.3. The molecular weight excluding hydrogens is 398 g/mol. The molecule has 0 atom stereocenters. The number of hydrogen-bond donors (Lipinski definition) is 0. The second-order valence-corrected chi connectivity index (χ2v) is 8.12. The van der Waals surface area contributed by atoms with Gasteiger partial charge in [0.1, 0.15) is 10.6 Å². The van der Waals surface area contributed by atoms with Gasteiger partial charge in [-0.15, -0.1) is 11.3 Å². The Labute approximate surface area is 175 Å². The van der Waals surface area contributed by atoms with Crippen molar-refractivity contribution in [1.82, 2.24) is 15.1 Å². The largest absolute Gasteiger partial charge is 0.422 e. The van der Waals surface area contributed by atoms with Gasteiger partial charge in [0.05, 0.1) is 17.7 Å². The lowest BCUT2D eigenvalue weighted by Gasteiger charge is -2.01. The van der Waals surface area contributed by atoms with Gasteiger partial charge in [-0.1, -0.05) is 40.5 Å². The van der Waals surface area contributed by atoms with Gasteiger partial charge in [-0.05, 0) is 38.1 Å². The molecule has 5 aromatic rings. The summed E-state index contributed by atoms with van der Waals surface area (Å²) in [5, 5.41) is 7.58. The van der Waals surface area contributed by atoms with Gasteiger partial charge in [-0.2, -0.15) is 4.98 Å². The van der Waals surface area contributed by atoms with Crippen LogP contribution in [-0.4, -0.2) is 15.1 Å². The van der Waals surface area contributed by atoms with E-state index in [-0.39, 0.29) is 0 Å². The minimum atomic E-state index is -0.400. The normalized spacial score (nSPS) is 11.3. The Morgan fingerprint density at radius 3 is 2.73 bits per heavy atom. The maximum Gasteiger partial charge on any atom is 0.345 e. The minimum Gasteiger partial charge on any atom is -0.422 e. The lowest BCUT2D eigenvalue weighted by molar-refractivity contribution is 0.385. The van der Waals surface area contributed by atoms with Crippen LogP contribution in [0.15, 0.2) is 67.6 Å². The zero-order valence-electron chi connectivity index (χ0n) is 16.4. The first kappa shape index (κ1) is 18.4. The fraction of sp³-hybridized carbons (Fsp3) is 0.130. The number of thiazole rings is 1. The molecule has 6 nitrogen and oxygen atoms in total. The number of fused-ring (bicyclic) bond motifs is 1. The third kappa shape index (κ3) is 3.55. The van der Waals surface area contributed by atoms with Crippen LogP contribution in [0, 0.1) is 13.8 Å². The molecule has 0 saturated carbocycles. The standard InChI is InChI=1S/C23H17N3O3S/c1-13-4-3-5-15(8-13)22-25-20(29-26-22)11-21-24-18(12-30-21)17-10-16-9-14(2)6-7-19(16)28-23(17)27/h3-10,12H,11H2,1-2H3. The number of rotatable bonds is 4.